The molecule has 1 rings (SSSR count). The minimum atomic E-state index is -1.01. The van der Waals surface area contributed by atoms with E-state index in [1.54, 1.807) is 13.8 Å². The molecular weight excluding hydrogens is 228 g/mol. The van der Waals surface area contributed by atoms with Gasteiger partial charge in [-0.2, -0.15) is 0 Å². The Hall–Kier alpha value is -1.14. The zero-order valence-corrected chi connectivity index (χ0v) is 10.4. The Morgan fingerprint density at radius 2 is 1.47 bits per heavy atom. The molecular formula is C11H18O6. The molecule has 5 atom stereocenters. The van der Waals surface area contributed by atoms with Gasteiger partial charge in [0, 0.05) is 13.8 Å². The number of aliphatic hydroxyl groups excluding tert-OH is 1. The van der Waals surface area contributed by atoms with Crippen molar-refractivity contribution < 1.29 is 28.9 Å². The van der Waals surface area contributed by atoms with E-state index in [2.05, 4.69) is 0 Å². The fourth-order valence-corrected chi connectivity index (χ4v) is 1.91. The molecule has 1 unspecified atom stereocenters. The SMILES string of the molecule is CC(=O)O[C@@H]1[C@@H](OC(C)=O)[C@H](O)C(C)O[C@H]1C. The molecule has 6 nitrogen and oxygen atoms in total. The summed E-state index contributed by atoms with van der Waals surface area (Å²) in [5.41, 5.74) is 0. The lowest BCUT2D eigenvalue weighted by Crippen LogP contribution is -2.58. The van der Waals surface area contributed by atoms with Crippen molar-refractivity contribution in [2.75, 3.05) is 0 Å². The minimum absolute atomic E-state index is 0.443. The molecule has 0 aromatic rings. The lowest BCUT2D eigenvalue weighted by molar-refractivity contribution is -0.233. The summed E-state index contributed by atoms with van der Waals surface area (Å²) in [7, 11) is 0. The number of carbonyl (C=O) groups excluding carboxylic acids is 2. The molecule has 1 N–H and O–H groups in total. The van der Waals surface area contributed by atoms with Crippen molar-refractivity contribution in [2.45, 2.75) is 58.2 Å². The van der Waals surface area contributed by atoms with Gasteiger partial charge < -0.3 is 19.3 Å². The Morgan fingerprint density at radius 3 is 1.94 bits per heavy atom. The van der Waals surface area contributed by atoms with E-state index in [0.29, 0.717) is 0 Å². The van der Waals surface area contributed by atoms with Gasteiger partial charge in [0.1, 0.15) is 6.10 Å². The first-order chi connectivity index (χ1) is 7.82. The third kappa shape index (κ3) is 3.41. The van der Waals surface area contributed by atoms with Gasteiger partial charge in [0.2, 0.25) is 0 Å². The van der Waals surface area contributed by atoms with Gasteiger partial charge in [0.05, 0.1) is 12.2 Å². The zero-order chi connectivity index (χ0) is 13.2. The van der Waals surface area contributed by atoms with Crippen molar-refractivity contribution in [3.05, 3.63) is 0 Å². The lowest BCUT2D eigenvalue weighted by atomic mass is 9.96. The molecule has 98 valence electrons. The fraction of sp³-hybridized carbons (Fsp3) is 0.818. The summed E-state index contributed by atoms with van der Waals surface area (Å²) in [5, 5.41) is 9.89. The standard InChI is InChI=1S/C11H18O6/c1-5-9(14)11(17-8(4)13)10(6(2)15-5)16-7(3)12/h5-6,9-11,14H,1-4H3/t5?,6-,9+,10-,11-/m0/s1. The molecule has 1 aliphatic heterocycles. The number of rotatable bonds is 2. The van der Waals surface area contributed by atoms with E-state index in [-0.39, 0.29) is 0 Å². The molecule has 1 saturated heterocycles. The van der Waals surface area contributed by atoms with Gasteiger partial charge in [-0.05, 0) is 13.8 Å². The van der Waals surface area contributed by atoms with Gasteiger partial charge >= 0.3 is 11.9 Å². The predicted molar refractivity (Wildman–Crippen MR) is 57.1 cm³/mol. The number of hydrogen-bond donors (Lipinski definition) is 1. The Balaban J connectivity index is 2.86. The van der Waals surface area contributed by atoms with Crippen molar-refractivity contribution in [3.63, 3.8) is 0 Å². The highest BCUT2D eigenvalue weighted by Crippen LogP contribution is 2.25. The number of aliphatic hydroxyl groups is 1. The maximum absolute atomic E-state index is 11.0. The van der Waals surface area contributed by atoms with Crippen molar-refractivity contribution in [1.82, 2.24) is 0 Å². The second-order valence-electron chi connectivity index (χ2n) is 4.19. The summed E-state index contributed by atoms with van der Waals surface area (Å²) in [6.07, 6.45) is -3.62. The topological polar surface area (TPSA) is 82.1 Å². The van der Waals surface area contributed by atoms with E-state index in [1.165, 1.54) is 13.8 Å². The van der Waals surface area contributed by atoms with Crippen LogP contribution in [0.3, 0.4) is 0 Å². The van der Waals surface area contributed by atoms with Crippen LogP contribution in [-0.4, -0.2) is 47.6 Å². The van der Waals surface area contributed by atoms with Crippen LogP contribution in [0.5, 0.6) is 0 Å². The molecule has 17 heavy (non-hydrogen) atoms. The first-order valence-electron chi connectivity index (χ1n) is 5.51. The Bertz CT molecular complexity index is 302. The molecule has 0 aliphatic carbocycles. The third-order valence-electron chi connectivity index (χ3n) is 2.64. The highest BCUT2D eigenvalue weighted by molar-refractivity contribution is 5.67. The molecule has 0 spiro atoms. The van der Waals surface area contributed by atoms with E-state index in [4.69, 9.17) is 14.2 Å². The van der Waals surface area contributed by atoms with Gasteiger partial charge in [-0.1, -0.05) is 0 Å². The molecule has 0 radical (unpaired) electrons. The van der Waals surface area contributed by atoms with Crippen LogP contribution in [0.1, 0.15) is 27.7 Å². The van der Waals surface area contributed by atoms with E-state index in [9.17, 15) is 14.7 Å². The molecule has 0 amide bonds. The number of ether oxygens (including phenoxy) is 3. The van der Waals surface area contributed by atoms with E-state index in [0.717, 1.165) is 0 Å². The number of hydrogen-bond acceptors (Lipinski definition) is 6. The van der Waals surface area contributed by atoms with E-state index < -0.39 is 42.5 Å². The summed E-state index contributed by atoms with van der Waals surface area (Å²) >= 11 is 0. The minimum Gasteiger partial charge on any atom is -0.456 e. The monoisotopic (exact) mass is 246 g/mol. The van der Waals surface area contributed by atoms with E-state index in [1.807, 2.05) is 0 Å². The summed E-state index contributed by atoms with van der Waals surface area (Å²) in [5.74, 6) is -1.04. The second kappa shape index (κ2) is 5.46. The molecule has 1 aliphatic rings. The summed E-state index contributed by atoms with van der Waals surface area (Å²) in [6.45, 7) is 5.86. The second-order valence-corrected chi connectivity index (χ2v) is 4.19. The van der Waals surface area contributed by atoms with Crippen LogP contribution >= 0.6 is 0 Å². The van der Waals surface area contributed by atoms with Gasteiger partial charge in [-0.15, -0.1) is 0 Å². The number of esters is 2. The molecule has 0 aromatic heterocycles. The molecule has 6 heteroatoms. The van der Waals surface area contributed by atoms with Gasteiger partial charge in [0.15, 0.2) is 12.2 Å². The molecule has 0 saturated carbocycles. The lowest BCUT2D eigenvalue weighted by Gasteiger charge is -2.41. The Morgan fingerprint density at radius 1 is 1.00 bits per heavy atom. The van der Waals surface area contributed by atoms with E-state index >= 15 is 0 Å². The highest BCUT2D eigenvalue weighted by atomic mass is 16.6. The highest BCUT2D eigenvalue weighted by Gasteiger charge is 2.45. The van der Waals surface area contributed by atoms with Crippen LogP contribution in [0.4, 0.5) is 0 Å². The number of carbonyl (C=O) groups is 2. The summed E-state index contributed by atoms with van der Waals surface area (Å²) < 4.78 is 15.5. The van der Waals surface area contributed by atoms with Crippen LogP contribution in [0, 0.1) is 0 Å². The smallest absolute Gasteiger partial charge is 0.303 e. The van der Waals surface area contributed by atoms with Gasteiger partial charge in [-0.3, -0.25) is 9.59 Å². The van der Waals surface area contributed by atoms with Crippen molar-refractivity contribution in [3.8, 4) is 0 Å². The van der Waals surface area contributed by atoms with Crippen molar-refractivity contribution in [2.24, 2.45) is 0 Å². The Labute approximate surface area is 99.8 Å². The third-order valence-corrected chi connectivity index (χ3v) is 2.64. The molecule has 1 heterocycles. The van der Waals surface area contributed by atoms with Crippen LogP contribution in [0.2, 0.25) is 0 Å². The predicted octanol–water partition coefficient (Wildman–Crippen LogP) is 0.0179. The van der Waals surface area contributed by atoms with Gasteiger partial charge in [-0.25, -0.2) is 0 Å². The first-order valence-corrected chi connectivity index (χ1v) is 5.51. The quantitative estimate of drug-likeness (QED) is 0.691. The first kappa shape index (κ1) is 13.9. The largest absolute Gasteiger partial charge is 0.456 e. The average molecular weight is 246 g/mol. The average Bonchev–Trinajstić information content (AvgIpc) is 2.19. The zero-order valence-electron chi connectivity index (χ0n) is 10.4. The van der Waals surface area contributed by atoms with Crippen LogP contribution in [0.15, 0.2) is 0 Å². The normalized spacial score (nSPS) is 37.4. The maximum Gasteiger partial charge on any atom is 0.303 e. The molecule has 1 fully saturated rings. The maximum atomic E-state index is 11.0. The summed E-state index contributed by atoms with van der Waals surface area (Å²) in [6, 6.07) is 0. The van der Waals surface area contributed by atoms with Crippen molar-refractivity contribution >= 4 is 11.9 Å². The van der Waals surface area contributed by atoms with Crippen LogP contribution in [-0.2, 0) is 23.8 Å². The van der Waals surface area contributed by atoms with Crippen LogP contribution < -0.4 is 0 Å². The summed E-state index contributed by atoms with van der Waals surface area (Å²) in [4.78, 5) is 22.0. The fourth-order valence-electron chi connectivity index (χ4n) is 1.91. The Kier molecular flexibility index (Phi) is 4.47. The molecule has 0 aromatic carbocycles. The van der Waals surface area contributed by atoms with Crippen molar-refractivity contribution in [1.29, 1.82) is 0 Å². The van der Waals surface area contributed by atoms with Crippen LogP contribution in [0.25, 0.3) is 0 Å². The van der Waals surface area contributed by atoms with Gasteiger partial charge in [0.25, 0.3) is 0 Å². The molecule has 0 bridgehead atoms.